The van der Waals surface area contributed by atoms with E-state index in [0.717, 1.165) is 30.4 Å². The molecule has 2 nitrogen and oxygen atoms in total. The van der Waals surface area contributed by atoms with Gasteiger partial charge in [-0.2, -0.15) is 0 Å². The van der Waals surface area contributed by atoms with E-state index in [0.29, 0.717) is 21.9 Å². The molecule has 0 aromatic heterocycles. The van der Waals surface area contributed by atoms with Crippen LogP contribution in [0.2, 0.25) is 5.02 Å². The van der Waals surface area contributed by atoms with Gasteiger partial charge in [-0.1, -0.05) is 48.3 Å². The average Bonchev–Trinajstić information content (AvgIpc) is 2.66. The van der Waals surface area contributed by atoms with Gasteiger partial charge in [-0.25, -0.2) is 0 Å². The Morgan fingerprint density at radius 3 is 2.67 bits per heavy atom. The molecule has 0 N–H and O–H groups in total. The number of nitrogens with zero attached hydrogens (tertiary/aromatic N) is 1. The van der Waals surface area contributed by atoms with Gasteiger partial charge in [0.25, 0.3) is 5.91 Å². The predicted molar refractivity (Wildman–Crippen MR) is 91.9 cm³/mol. The van der Waals surface area contributed by atoms with Crippen LogP contribution in [0.25, 0.3) is 0 Å². The van der Waals surface area contributed by atoms with Gasteiger partial charge in [0.15, 0.2) is 0 Å². The van der Waals surface area contributed by atoms with Crippen molar-refractivity contribution in [2.24, 2.45) is 11.3 Å². The minimum absolute atomic E-state index is 0.0517. The lowest BCUT2D eigenvalue weighted by Gasteiger charge is -2.29. The summed E-state index contributed by atoms with van der Waals surface area (Å²) in [5.74, 6) is 0.726. The summed E-state index contributed by atoms with van der Waals surface area (Å²) in [4.78, 5) is 14.7. The van der Waals surface area contributed by atoms with E-state index in [1.54, 1.807) is 6.07 Å². The molecule has 0 bridgehead atoms. The number of carbonyl (C=O) groups excluding carboxylic acids is 1. The van der Waals surface area contributed by atoms with Gasteiger partial charge >= 0.3 is 0 Å². The van der Waals surface area contributed by atoms with Gasteiger partial charge in [0.05, 0.1) is 10.6 Å². The quantitative estimate of drug-likeness (QED) is 0.647. The number of halogens is 2. The molecular formula is C17H23BrClNO. The molecule has 0 saturated carbocycles. The van der Waals surface area contributed by atoms with E-state index in [1.807, 2.05) is 17.0 Å². The fraction of sp³-hybridized carbons (Fsp3) is 0.588. The van der Waals surface area contributed by atoms with Gasteiger partial charge in [0.2, 0.25) is 0 Å². The minimum Gasteiger partial charge on any atom is -0.339 e. The van der Waals surface area contributed by atoms with Crippen LogP contribution in [0.4, 0.5) is 0 Å². The largest absolute Gasteiger partial charge is 0.339 e. The highest BCUT2D eigenvalue weighted by molar-refractivity contribution is 9.10. The third-order valence-corrected chi connectivity index (χ3v) is 5.22. The Morgan fingerprint density at radius 1 is 1.29 bits per heavy atom. The van der Waals surface area contributed by atoms with Crippen LogP contribution < -0.4 is 0 Å². The summed E-state index contributed by atoms with van der Waals surface area (Å²) < 4.78 is 0.887. The van der Waals surface area contributed by atoms with Gasteiger partial charge in [0.1, 0.15) is 0 Å². The number of likely N-dealkylation sites (tertiary alicyclic amines) is 1. The summed E-state index contributed by atoms with van der Waals surface area (Å²) in [6.07, 6.45) is 3.33. The number of benzene rings is 1. The molecule has 1 aromatic rings. The highest BCUT2D eigenvalue weighted by Gasteiger charge is 2.29. The first-order valence-corrected chi connectivity index (χ1v) is 8.70. The van der Waals surface area contributed by atoms with Gasteiger partial charge in [0, 0.05) is 17.6 Å². The van der Waals surface area contributed by atoms with E-state index in [2.05, 4.69) is 36.7 Å². The summed E-state index contributed by atoms with van der Waals surface area (Å²) in [6.45, 7) is 8.53. The van der Waals surface area contributed by atoms with Gasteiger partial charge in [-0.05, 0) is 48.8 Å². The van der Waals surface area contributed by atoms with E-state index >= 15 is 0 Å². The van der Waals surface area contributed by atoms with Crippen LogP contribution in [0.15, 0.2) is 22.7 Å². The molecule has 21 heavy (non-hydrogen) atoms. The topological polar surface area (TPSA) is 20.3 Å². The smallest absolute Gasteiger partial charge is 0.255 e. The Hall–Kier alpha value is -0.540. The Bertz CT molecular complexity index is 524. The maximum atomic E-state index is 12.7. The van der Waals surface area contributed by atoms with Gasteiger partial charge < -0.3 is 4.90 Å². The zero-order valence-electron chi connectivity index (χ0n) is 13.0. The maximum Gasteiger partial charge on any atom is 0.255 e. The lowest BCUT2D eigenvalue weighted by Crippen LogP contribution is -2.32. The SMILES string of the molecule is CC(C)(C)C1CCCN(C(=O)c2cc(Br)ccc2Cl)CC1. The number of amides is 1. The van der Waals surface area contributed by atoms with E-state index in [1.165, 1.54) is 6.42 Å². The number of carbonyl (C=O) groups is 1. The third-order valence-electron chi connectivity index (χ3n) is 4.40. The molecule has 1 aliphatic heterocycles. The van der Waals surface area contributed by atoms with E-state index in [4.69, 9.17) is 11.6 Å². The minimum atomic E-state index is 0.0517. The molecule has 0 aliphatic carbocycles. The van der Waals surface area contributed by atoms with Crippen molar-refractivity contribution in [1.82, 2.24) is 4.90 Å². The lowest BCUT2D eigenvalue weighted by atomic mass is 9.77. The van der Waals surface area contributed by atoms with Crippen LogP contribution >= 0.6 is 27.5 Å². The molecule has 0 spiro atoms. The fourth-order valence-electron chi connectivity index (χ4n) is 3.00. The van der Waals surface area contributed by atoms with Crippen molar-refractivity contribution in [3.05, 3.63) is 33.3 Å². The molecule has 1 aromatic carbocycles. The molecule has 0 radical (unpaired) electrons. The van der Waals surface area contributed by atoms with Crippen molar-refractivity contribution in [2.75, 3.05) is 13.1 Å². The monoisotopic (exact) mass is 371 g/mol. The molecule has 1 fully saturated rings. The van der Waals surface area contributed by atoms with Crippen molar-refractivity contribution in [3.63, 3.8) is 0 Å². The molecule has 2 rings (SSSR count). The molecule has 1 atom stereocenters. The predicted octanol–water partition coefficient (Wildman–Crippen LogP) is 5.39. The molecule has 116 valence electrons. The van der Waals surface area contributed by atoms with Crippen molar-refractivity contribution >= 4 is 33.4 Å². The molecule has 1 aliphatic rings. The Balaban J connectivity index is 2.12. The Labute approximate surface area is 141 Å². The molecular weight excluding hydrogens is 350 g/mol. The molecule has 1 heterocycles. The Kier molecular flexibility index (Phi) is 5.37. The van der Waals surface area contributed by atoms with E-state index in [-0.39, 0.29) is 5.91 Å². The standard InChI is InChI=1S/C17H23BrClNO/c1-17(2,3)12-5-4-9-20(10-8-12)16(21)14-11-13(18)6-7-15(14)19/h6-7,11-12H,4-5,8-10H2,1-3H3. The second-order valence-electron chi connectivity index (χ2n) is 6.91. The van der Waals surface area contributed by atoms with Crippen molar-refractivity contribution in [3.8, 4) is 0 Å². The third kappa shape index (κ3) is 4.23. The van der Waals surface area contributed by atoms with Crippen molar-refractivity contribution in [2.45, 2.75) is 40.0 Å². The molecule has 1 unspecified atom stereocenters. The van der Waals surface area contributed by atoms with Crippen LogP contribution in [-0.2, 0) is 0 Å². The van der Waals surface area contributed by atoms with Crippen LogP contribution in [0.5, 0.6) is 0 Å². The second-order valence-corrected chi connectivity index (χ2v) is 8.23. The zero-order valence-corrected chi connectivity index (χ0v) is 15.3. The lowest BCUT2D eigenvalue weighted by molar-refractivity contribution is 0.0755. The normalized spacial score (nSPS) is 20.2. The summed E-state index contributed by atoms with van der Waals surface area (Å²) >= 11 is 9.59. The zero-order chi connectivity index (χ0) is 15.6. The number of rotatable bonds is 1. The molecule has 1 amide bonds. The van der Waals surface area contributed by atoms with E-state index < -0.39 is 0 Å². The van der Waals surface area contributed by atoms with Crippen molar-refractivity contribution < 1.29 is 4.79 Å². The summed E-state index contributed by atoms with van der Waals surface area (Å²) in [7, 11) is 0. The van der Waals surface area contributed by atoms with Gasteiger partial charge in [-0.15, -0.1) is 0 Å². The first-order chi connectivity index (χ1) is 9.79. The second kappa shape index (κ2) is 6.70. The van der Waals surface area contributed by atoms with Crippen molar-refractivity contribution in [1.29, 1.82) is 0 Å². The first kappa shape index (κ1) is 16.8. The van der Waals surface area contributed by atoms with Crippen LogP contribution in [0.3, 0.4) is 0 Å². The van der Waals surface area contributed by atoms with Crippen LogP contribution in [0.1, 0.15) is 50.4 Å². The average molecular weight is 373 g/mol. The van der Waals surface area contributed by atoms with Crippen LogP contribution in [0, 0.1) is 11.3 Å². The number of hydrogen-bond donors (Lipinski definition) is 0. The Morgan fingerprint density at radius 2 is 2.00 bits per heavy atom. The maximum absolute atomic E-state index is 12.7. The van der Waals surface area contributed by atoms with Gasteiger partial charge in [-0.3, -0.25) is 4.79 Å². The molecule has 1 saturated heterocycles. The summed E-state index contributed by atoms with van der Waals surface area (Å²) in [5, 5.41) is 0.528. The van der Waals surface area contributed by atoms with E-state index in [9.17, 15) is 4.79 Å². The highest BCUT2D eigenvalue weighted by Crippen LogP contribution is 2.34. The number of hydrogen-bond acceptors (Lipinski definition) is 1. The van der Waals surface area contributed by atoms with Crippen LogP contribution in [-0.4, -0.2) is 23.9 Å². The summed E-state index contributed by atoms with van der Waals surface area (Å²) in [5.41, 5.74) is 0.909. The first-order valence-electron chi connectivity index (χ1n) is 7.53. The molecule has 4 heteroatoms. The highest BCUT2D eigenvalue weighted by atomic mass is 79.9. The summed E-state index contributed by atoms with van der Waals surface area (Å²) in [6, 6.07) is 5.45. The fourth-order valence-corrected chi connectivity index (χ4v) is 3.56.